The van der Waals surface area contributed by atoms with Gasteiger partial charge in [0, 0.05) is 38.1 Å². The summed E-state index contributed by atoms with van der Waals surface area (Å²) >= 11 is 0. The van der Waals surface area contributed by atoms with Crippen molar-refractivity contribution in [1.29, 1.82) is 0 Å². The smallest absolute Gasteiger partial charge is 0.346 e. The molecule has 1 heterocycles. The van der Waals surface area contributed by atoms with Gasteiger partial charge in [-0.15, -0.1) is 0 Å². The van der Waals surface area contributed by atoms with Gasteiger partial charge in [-0.1, -0.05) is 12.8 Å². The number of nitrogens with one attached hydrogen (secondary N) is 1. The van der Waals surface area contributed by atoms with E-state index >= 15 is 0 Å². The normalized spacial score (nSPS) is 24.5. The van der Waals surface area contributed by atoms with E-state index in [1.165, 1.54) is 9.80 Å². The third-order valence-corrected chi connectivity index (χ3v) is 5.00. The van der Waals surface area contributed by atoms with Crippen molar-refractivity contribution in [2.45, 2.75) is 51.7 Å². The van der Waals surface area contributed by atoms with E-state index in [1.807, 2.05) is 0 Å². The van der Waals surface area contributed by atoms with Gasteiger partial charge in [-0.2, -0.15) is 13.2 Å². The zero-order valence-electron chi connectivity index (χ0n) is 15.1. The first-order valence-corrected chi connectivity index (χ1v) is 9.06. The lowest BCUT2D eigenvalue weighted by molar-refractivity contribution is -0.201. The zero-order valence-corrected chi connectivity index (χ0v) is 15.1. The number of hydrogen-bond acceptors (Lipinski definition) is 3. The number of hydrogen-bond donors (Lipinski definition) is 1. The molecule has 0 bridgehead atoms. The minimum Gasteiger partial charge on any atom is -0.346 e. The Morgan fingerprint density at radius 1 is 0.962 bits per heavy atom. The van der Waals surface area contributed by atoms with Crippen LogP contribution in [0.1, 0.15) is 39.5 Å². The average Bonchev–Trinajstić information content (AvgIpc) is 2.59. The fourth-order valence-corrected chi connectivity index (χ4v) is 3.65. The molecule has 0 radical (unpaired) electrons. The summed E-state index contributed by atoms with van der Waals surface area (Å²) in [4.78, 5) is 39.2. The van der Waals surface area contributed by atoms with E-state index in [2.05, 4.69) is 5.32 Å². The predicted octanol–water partition coefficient (Wildman–Crippen LogP) is 1.55. The van der Waals surface area contributed by atoms with E-state index in [4.69, 9.17) is 0 Å². The van der Waals surface area contributed by atoms with Crippen LogP contribution in [0.25, 0.3) is 0 Å². The van der Waals surface area contributed by atoms with Crippen molar-refractivity contribution >= 4 is 17.7 Å². The summed E-state index contributed by atoms with van der Waals surface area (Å²) in [5.74, 6) is -4.47. The van der Waals surface area contributed by atoms with Crippen LogP contribution < -0.4 is 5.32 Å². The molecule has 0 aromatic rings. The lowest BCUT2D eigenvalue weighted by atomic mass is 9.78. The lowest BCUT2D eigenvalue weighted by Gasteiger charge is -2.39. The molecule has 0 aromatic heterocycles. The third kappa shape index (κ3) is 4.88. The molecule has 2 atom stereocenters. The second kappa shape index (κ2) is 8.26. The summed E-state index contributed by atoms with van der Waals surface area (Å²) in [5.41, 5.74) is 0. The number of alkyl halides is 3. The Bertz CT molecular complexity index is 543. The predicted molar refractivity (Wildman–Crippen MR) is 87.9 cm³/mol. The maximum atomic E-state index is 13.2. The maximum Gasteiger partial charge on any atom is 0.392 e. The number of amides is 3. The van der Waals surface area contributed by atoms with E-state index in [-0.39, 0.29) is 45.1 Å². The zero-order chi connectivity index (χ0) is 19.5. The SMILES string of the molecule is CC(C)NC(=O)C(=O)N1CCN(C(=O)C2CCCCC2C(F)(F)F)CC1. The first-order chi connectivity index (χ1) is 12.1. The summed E-state index contributed by atoms with van der Waals surface area (Å²) in [7, 11) is 0. The Morgan fingerprint density at radius 3 is 2.04 bits per heavy atom. The van der Waals surface area contributed by atoms with Gasteiger partial charge in [0.25, 0.3) is 0 Å². The molecule has 2 fully saturated rings. The van der Waals surface area contributed by atoms with Gasteiger partial charge in [-0.05, 0) is 26.7 Å². The van der Waals surface area contributed by atoms with Gasteiger partial charge in [-0.25, -0.2) is 0 Å². The molecule has 6 nitrogen and oxygen atoms in total. The Balaban J connectivity index is 1.93. The highest BCUT2D eigenvalue weighted by molar-refractivity contribution is 6.35. The molecule has 3 amide bonds. The second-order valence-electron chi connectivity index (χ2n) is 7.28. The van der Waals surface area contributed by atoms with Crippen LogP contribution in [0.3, 0.4) is 0 Å². The molecular formula is C17H26F3N3O3. The van der Waals surface area contributed by atoms with Crippen LogP contribution in [0.2, 0.25) is 0 Å². The minimum atomic E-state index is -4.37. The van der Waals surface area contributed by atoms with Crippen molar-refractivity contribution in [2.75, 3.05) is 26.2 Å². The van der Waals surface area contributed by atoms with Gasteiger partial charge in [0.2, 0.25) is 5.91 Å². The van der Waals surface area contributed by atoms with Crippen LogP contribution in [-0.2, 0) is 14.4 Å². The highest BCUT2D eigenvalue weighted by atomic mass is 19.4. The van der Waals surface area contributed by atoms with Crippen LogP contribution >= 0.6 is 0 Å². The first-order valence-electron chi connectivity index (χ1n) is 9.06. The summed E-state index contributed by atoms with van der Waals surface area (Å²) in [5, 5.41) is 2.51. The summed E-state index contributed by atoms with van der Waals surface area (Å²) in [6.45, 7) is 4.09. The van der Waals surface area contributed by atoms with Crippen molar-refractivity contribution in [3.8, 4) is 0 Å². The van der Waals surface area contributed by atoms with Crippen molar-refractivity contribution in [1.82, 2.24) is 15.1 Å². The van der Waals surface area contributed by atoms with Crippen LogP contribution in [-0.4, -0.2) is 65.9 Å². The van der Waals surface area contributed by atoms with Gasteiger partial charge in [0.15, 0.2) is 0 Å². The Labute approximate surface area is 151 Å². The number of halogens is 3. The van der Waals surface area contributed by atoms with E-state index in [1.54, 1.807) is 13.8 Å². The van der Waals surface area contributed by atoms with Crippen LogP contribution in [0, 0.1) is 11.8 Å². The Kier molecular flexibility index (Phi) is 6.52. The Morgan fingerprint density at radius 2 is 1.50 bits per heavy atom. The van der Waals surface area contributed by atoms with Crippen LogP contribution in [0.5, 0.6) is 0 Å². The molecule has 26 heavy (non-hydrogen) atoms. The molecule has 1 saturated carbocycles. The van der Waals surface area contributed by atoms with Gasteiger partial charge in [-0.3, -0.25) is 14.4 Å². The first kappa shape index (κ1) is 20.5. The Hall–Kier alpha value is -1.80. The van der Waals surface area contributed by atoms with Crippen molar-refractivity contribution in [3.63, 3.8) is 0 Å². The van der Waals surface area contributed by atoms with Crippen molar-refractivity contribution in [3.05, 3.63) is 0 Å². The molecule has 2 unspecified atom stereocenters. The molecule has 1 saturated heterocycles. The number of carbonyl (C=O) groups is 3. The van der Waals surface area contributed by atoms with E-state index in [0.29, 0.717) is 12.8 Å². The van der Waals surface area contributed by atoms with Crippen molar-refractivity contribution < 1.29 is 27.6 Å². The molecule has 1 N–H and O–H groups in total. The molecule has 1 aliphatic carbocycles. The average molecular weight is 377 g/mol. The fraction of sp³-hybridized carbons (Fsp3) is 0.824. The van der Waals surface area contributed by atoms with E-state index in [9.17, 15) is 27.6 Å². The number of nitrogens with zero attached hydrogens (tertiary/aromatic N) is 2. The molecule has 2 aliphatic rings. The fourth-order valence-electron chi connectivity index (χ4n) is 3.65. The van der Waals surface area contributed by atoms with Gasteiger partial charge < -0.3 is 15.1 Å². The lowest BCUT2D eigenvalue weighted by Crippen LogP contribution is -2.56. The number of carbonyl (C=O) groups excluding carboxylic acids is 3. The molecule has 1 aliphatic heterocycles. The highest BCUT2D eigenvalue weighted by Crippen LogP contribution is 2.42. The quantitative estimate of drug-likeness (QED) is 0.743. The molecule has 0 spiro atoms. The molecule has 9 heteroatoms. The van der Waals surface area contributed by atoms with Gasteiger partial charge in [0.05, 0.1) is 5.92 Å². The minimum absolute atomic E-state index is 0.00622. The third-order valence-electron chi connectivity index (χ3n) is 5.00. The maximum absolute atomic E-state index is 13.2. The molecule has 2 rings (SSSR count). The largest absolute Gasteiger partial charge is 0.392 e. The standard InChI is InChI=1S/C17H26F3N3O3/c1-11(2)21-14(24)16(26)23-9-7-22(8-10-23)15(25)12-5-3-4-6-13(12)17(18,19)20/h11-13H,3-10H2,1-2H3,(H,21,24). The summed E-state index contributed by atoms with van der Waals surface area (Å²) in [6.07, 6.45) is -3.02. The monoisotopic (exact) mass is 377 g/mol. The molecular weight excluding hydrogens is 351 g/mol. The summed E-state index contributed by atoms with van der Waals surface area (Å²) < 4.78 is 39.6. The van der Waals surface area contributed by atoms with Crippen molar-refractivity contribution in [2.24, 2.45) is 11.8 Å². The molecule has 0 aromatic carbocycles. The topological polar surface area (TPSA) is 69.7 Å². The van der Waals surface area contributed by atoms with Crippen LogP contribution in [0.15, 0.2) is 0 Å². The van der Waals surface area contributed by atoms with Crippen LogP contribution in [0.4, 0.5) is 13.2 Å². The van der Waals surface area contributed by atoms with Gasteiger partial charge in [0.1, 0.15) is 0 Å². The van der Waals surface area contributed by atoms with Gasteiger partial charge >= 0.3 is 18.0 Å². The number of piperazine rings is 1. The van der Waals surface area contributed by atoms with E-state index < -0.39 is 35.7 Å². The highest BCUT2D eigenvalue weighted by Gasteiger charge is 2.49. The number of rotatable bonds is 2. The second-order valence-corrected chi connectivity index (χ2v) is 7.28. The summed E-state index contributed by atoms with van der Waals surface area (Å²) in [6, 6.07) is -0.167. The molecule has 148 valence electrons. The van der Waals surface area contributed by atoms with E-state index in [0.717, 1.165) is 0 Å².